The zero-order valence-electron chi connectivity index (χ0n) is 13.1. The van der Waals surface area contributed by atoms with Gasteiger partial charge in [-0.1, -0.05) is 59.6 Å². The second-order valence-electron chi connectivity index (χ2n) is 6.02. The number of benzene rings is 2. The third kappa shape index (κ3) is 3.56. The van der Waals surface area contributed by atoms with Crippen molar-refractivity contribution in [2.75, 3.05) is 5.32 Å². The SMILES string of the molecule is O=C(Nc1nc(-c2ccc(Cl)c(Cl)c2)cs1)[C@H]1C[C@H]1c1ccccc1. The molecule has 1 aliphatic carbocycles. The van der Waals surface area contributed by atoms with E-state index < -0.39 is 0 Å². The predicted molar refractivity (Wildman–Crippen MR) is 103 cm³/mol. The average molecular weight is 389 g/mol. The first-order chi connectivity index (χ1) is 12.1. The van der Waals surface area contributed by atoms with Crippen molar-refractivity contribution in [1.82, 2.24) is 4.98 Å². The number of aromatic nitrogens is 1. The number of nitrogens with one attached hydrogen (secondary N) is 1. The highest BCUT2D eigenvalue weighted by atomic mass is 35.5. The van der Waals surface area contributed by atoms with E-state index in [9.17, 15) is 4.79 Å². The van der Waals surface area contributed by atoms with Gasteiger partial charge in [0.25, 0.3) is 0 Å². The van der Waals surface area contributed by atoms with Gasteiger partial charge in [0.15, 0.2) is 5.13 Å². The van der Waals surface area contributed by atoms with Gasteiger partial charge in [0, 0.05) is 16.9 Å². The molecule has 1 aliphatic rings. The molecule has 1 saturated carbocycles. The first kappa shape index (κ1) is 16.6. The Hall–Kier alpha value is -1.88. The van der Waals surface area contributed by atoms with Crippen LogP contribution >= 0.6 is 34.5 Å². The molecule has 3 nitrogen and oxygen atoms in total. The number of carbonyl (C=O) groups excluding carboxylic acids is 1. The van der Waals surface area contributed by atoms with E-state index in [0.29, 0.717) is 21.1 Å². The van der Waals surface area contributed by atoms with Crippen LogP contribution in [0.15, 0.2) is 53.9 Å². The van der Waals surface area contributed by atoms with Crippen LogP contribution in [0.25, 0.3) is 11.3 Å². The quantitative estimate of drug-likeness (QED) is 0.607. The second-order valence-corrected chi connectivity index (χ2v) is 7.69. The average Bonchev–Trinajstić information content (AvgIpc) is 3.31. The van der Waals surface area contributed by atoms with E-state index in [2.05, 4.69) is 22.4 Å². The molecule has 126 valence electrons. The molecule has 1 fully saturated rings. The Morgan fingerprint density at radius 3 is 2.68 bits per heavy atom. The Bertz CT molecular complexity index is 926. The van der Waals surface area contributed by atoms with Gasteiger partial charge in [-0.2, -0.15) is 0 Å². The van der Waals surface area contributed by atoms with E-state index in [4.69, 9.17) is 23.2 Å². The summed E-state index contributed by atoms with van der Waals surface area (Å²) >= 11 is 13.4. The van der Waals surface area contributed by atoms with Crippen LogP contribution in [0.1, 0.15) is 17.9 Å². The van der Waals surface area contributed by atoms with Crippen molar-refractivity contribution in [1.29, 1.82) is 0 Å². The molecule has 1 amide bonds. The van der Waals surface area contributed by atoms with E-state index >= 15 is 0 Å². The lowest BCUT2D eigenvalue weighted by molar-refractivity contribution is -0.117. The number of halogens is 2. The molecule has 0 bridgehead atoms. The van der Waals surface area contributed by atoms with Gasteiger partial charge >= 0.3 is 0 Å². The summed E-state index contributed by atoms with van der Waals surface area (Å²) in [4.78, 5) is 16.9. The number of carbonyl (C=O) groups is 1. The number of rotatable bonds is 4. The summed E-state index contributed by atoms with van der Waals surface area (Å²) in [5.41, 5.74) is 2.87. The maximum absolute atomic E-state index is 12.4. The Labute approximate surface area is 159 Å². The van der Waals surface area contributed by atoms with Gasteiger partial charge < -0.3 is 5.32 Å². The van der Waals surface area contributed by atoms with Crippen molar-refractivity contribution < 1.29 is 4.79 Å². The molecule has 2 atom stereocenters. The Balaban J connectivity index is 1.43. The van der Waals surface area contributed by atoms with E-state index in [1.54, 1.807) is 12.1 Å². The Kier molecular flexibility index (Phi) is 4.50. The predicted octanol–water partition coefficient (Wildman–Crippen LogP) is 5.86. The minimum absolute atomic E-state index is 0.0275. The number of thiazole rings is 1. The molecule has 1 N–H and O–H groups in total. The van der Waals surface area contributed by atoms with Crippen molar-refractivity contribution >= 4 is 45.6 Å². The number of amides is 1. The third-order valence-corrected chi connectivity index (χ3v) is 5.80. The molecule has 4 rings (SSSR count). The first-order valence-electron chi connectivity index (χ1n) is 7.88. The van der Waals surface area contributed by atoms with Gasteiger partial charge in [0.2, 0.25) is 5.91 Å². The van der Waals surface area contributed by atoms with Gasteiger partial charge in [0.1, 0.15) is 0 Å². The number of hydrogen-bond donors (Lipinski definition) is 1. The zero-order chi connectivity index (χ0) is 17.4. The smallest absolute Gasteiger partial charge is 0.229 e. The van der Waals surface area contributed by atoms with Crippen LogP contribution in [0.4, 0.5) is 5.13 Å². The van der Waals surface area contributed by atoms with Gasteiger partial charge in [-0.25, -0.2) is 4.98 Å². The molecular weight excluding hydrogens is 375 g/mol. The molecule has 1 heterocycles. The van der Waals surface area contributed by atoms with Crippen molar-refractivity contribution in [3.05, 3.63) is 69.5 Å². The molecule has 0 saturated heterocycles. The summed E-state index contributed by atoms with van der Waals surface area (Å²) in [5, 5.41) is 6.43. The van der Waals surface area contributed by atoms with Crippen molar-refractivity contribution in [3.8, 4) is 11.3 Å². The van der Waals surface area contributed by atoms with Crippen LogP contribution in [0.2, 0.25) is 10.0 Å². The van der Waals surface area contributed by atoms with Crippen LogP contribution in [-0.2, 0) is 4.79 Å². The van der Waals surface area contributed by atoms with Gasteiger partial charge in [-0.05, 0) is 30.0 Å². The van der Waals surface area contributed by atoms with Crippen molar-refractivity contribution in [3.63, 3.8) is 0 Å². The topological polar surface area (TPSA) is 42.0 Å². The summed E-state index contributed by atoms with van der Waals surface area (Å²) in [6, 6.07) is 15.5. The second kappa shape index (κ2) is 6.79. The maximum Gasteiger partial charge on any atom is 0.229 e. The van der Waals surface area contributed by atoms with Gasteiger partial charge in [-0.3, -0.25) is 4.79 Å². The number of hydrogen-bond acceptors (Lipinski definition) is 3. The molecule has 3 aromatic rings. The fourth-order valence-electron chi connectivity index (χ4n) is 2.87. The van der Waals surface area contributed by atoms with Gasteiger partial charge in [-0.15, -0.1) is 11.3 Å². The van der Waals surface area contributed by atoms with Gasteiger partial charge in [0.05, 0.1) is 15.7 Å². The fourth-order valence-corrected chi connectivity index (χ4v) is 3.89. The highest BCUT2D eigenvalue weighted by molar-refractivity contribution is 7.14. The molecule has 6 heteroatoms. The molecule has 0 unspecified atom stereocenters. The normalized spacial score (nSPS) is 18.8. The van der Waals surface area contributed by atoms with E-state index in [1.807, 2.05) is 29.6 Å². The summed E-state index contributed by atoms with van der Waals surface area (Å²) in [7, 11) is 0. The first-order valence-corrected chi connectivity index (χ1v) is 9.52. The van der Waals surface area contributed by atoms with Crippen LogP contribution in [0.5, 0.6) is 0 Å². The largest absolute Gasteiger partial charge is 0.302 e. The standard InChI is InChI=1S/C19H14Cl2N2OS/c20-15-7-6-12(8-16(15)21)17-10-25-19(22-17)23-18(24)14-9-13(14)11-4-2-1-3-5-11/h1-8,10,13-14H,9H2,(H,22,23,24)/t13-,14-/m0/s1. The molecule has 0 radical (unpaired) electrons. The molecule has 1 aromatic heterocycles. The third-order valence-electron chi connectivity index (χ3n) is 4.30. The summed E-state index contributed by atoms with van der Waals surface area (Å²) in [5.74, 6) is 0.374. The molecule has 0 aliphatic heterocycles. The van der Waals surface area contributed by atoms with Crippen LogP contribution in [-0.4, -0.2) is 10.9 Å². The lowest BCUT2D eigenvalue weighted by Gasteiger charge is -2.02. The molecule has 0 spiro atoms. The van der Waals surface area contributed by atoms with Crippen molar-refractivity contribution in [2.24, 2.45) is 5.92 Å². The summed E-state index contributed by atoms with van der Waals surface area (Å²) in [6.45, 7) is 0. The fraction of sp³-hybridized carbons (Fsp3) is 0.158. The number of anilines is 1. The Morgan fingerprint density at radius 2 is 1.92 bits per heavy atom. The van der Waals surface area contributed by atoms with Crippen molar-refractivity contribution in [2.45, 2.75) is 12.3 Å². The van der Waals surface area contributed by atoms with Crippen LogP contribution in [0.3, 0.4) is 0 Å². The van der Waals surface area contributed by atoms with E-state index in [1.165, 1.54) is 16.9 Å². The monoisotopic (exact) mass is 388 g/mol. The highest BCUT2D eigenvalue weighted by Crippen LogP contribution is 2.48. The molecule has 25 heavy (non-hydrogen) atoms. The van der Waals surface area contributed by atoms with Crippen LogP contribution in [0, 0.1) is 5.92 Å². The van der Waals surface area contributed by atoms with Crippen LogP contribution < -0.4 is 5.32 Å². The highest BCUT2D eigenvalue weighted by Gasteiger charge is 2.44. The summed E-state index contributed by atoms with van der Waals surface area (Å²) < 4.78 is 0. The lowest BCUT2D eigenvalue weighted by atomic mass is 10.1. The maximum atomic E-state index is 12.4. The van der Waals surface area contributed by atoms with E-state index in [-0.39, 0.29) is 11.8 Å². The summed E-state index contributed by atoms with van der Waals surface area (Å²) in [6.07, 6.45) is 0.890. The lowest BCUT2D eigenvalue weighted by Crippen LogP contribution is -2.14. The molecule has 2 aromatic carbocycles. The minimum Gasteiger partial charge on any atom is -0.302 e. The minimum atomic E-state index is 0.0275. The Morgan fingerprint density at radius 1 is 1.12 bits per heavy atom. The molecular formula is C19H14Cl2N2OS. The number of nitrogens with zero attached hydrogens (tertiary/aromatic N) is 1. The van der Waals surface area contributed by atoms with E-state index in [0.717, 1.165) is 17.7 Å². The zero-order valence-corrected chi connectivity index (χ0v) is 15.4.